The molecule has 4 nitrogen and oxygen atoms in total. The van der Waals surface area contributed by atoms with Crippen LogP contribution in [0.4, 0.5) is 0 Å². The molecule has 0 aliphatic carbocycles. The zero-order chi connectivity index (χ0) is 10.4. The van der Waals surface area contributed by atoms with E-state index in [1.54, 1.807) is 0 Å². The molecule has 0 saturated carbocycles. The van der Waals surface area contributed by atoms with Crippen molar-refractivity contribution in [2.75, 3.05) is 6.54 Å². The smallest absolute Gasteiger partial charge is 0.207 e. The van der Waals surface area contributed by atoms with Gasteiger partial charge in [-0.3, -0.25) is 10.1 Å². The third-order valence-electron chi connectivity index (χ3n) is 1.79. The second kappa shape index (κ2) is 5.67. The van der Waals surface area contributed by atoms with Gasteiger partial charge in [-0.25, -0.2) is 0 Å². The predicted molar refractivity (Wildman–Crippen MR) is 50.1 cm³/mol. The lowest BCUT2D eigenvalue weighted by atomic mass is 9.93. The number of carbonyl (C=O) groups excluding carboxylic acids is 1. The lowest BCUT2D eigenvalue weighted by molar-refractivity contribution is -0.488. The van der Waals surface area contributed by atoms with E-state index >= 15 is 0 Å². The molecule has 0 unspecified atom stereocenters. The van der Waals surface area contributed by atoms with E-state index < -0.39 is 0 Å². The number of nitro groups is 1. The number of nitrogens with zero attached hydrogens (tertiary/aromatic N) is 1. The molecule has 0 heterocycles. The van der Waals surface area contributed by atoms with Crippen molar-refractivity contribution >= 4 is 5.78 Å². The van der Waals surface area contributed by atoms with Gasteiger partial charge in [-0.15, -0.1) is 0 Å². The number of carbonyl (C=O) groups is 1. The van der Waals surface area contributed by atoms with Crippen LogP contribution in [0.2, 0.25) is 0 Å². The van der Waals surface area contributed by atoms with Gasteiger partial charge >= 0.3 is 0 Å². The lowest BCUT2D eigenvalue weighted by Crippen LogP contribution is -2.18. The van der Waals surface area contributed by atoms with Gasteiger partial charge < -0.3 is 4.79 Å². The minimum absolute atomic E-state index is 0.0347. The SMILES string of the molecule is CC(=O)C[C@@H](CC(C)C)C[N+](=O)[O-]. The predicted octanol–water partition coefficient (Wildman–Crippen LogP) is 1.90. The number of hydrogen-bond donors (Lipinski definition) is 0. The monoisotopic (exact) mass is 187 g/mol. The quantitative estimate of drug-likeness (QED) is 0.471. The van der Waals surface area contributed by atoms with Crippen molar-refractivity contribution in [3.05, 3.63) is 10.1 Å². The summed E-state index contributed by atoms with van der Waals surface area (Å²) < 4.78 is 0. The van der Waals surface area contributed by atoms with Crippen LogP contribution in [0.15, 0.2) is 0 Å². The molecular weight excluding hydrogens is 170 g/mol. The number of Topliss-reactive ketones (excluding diaryl/α,β-unsaturated/α-hetero) is 1. The molecule has 0 aliphatic heterocycles. The first-order chi connectivity index (χ1) is 5.91. The van der Waals surface area contributed by atoms with Crippen molar-refractivity contribution < 1.29 is 9.72 Å². The highest BCUT2D eigenvalue weighted by atomic mass is 16.6. The zero-order valence-corrected chi connectivity index (χ0v) is 8.45. The van der Waals surface area contributed by atoms with E-state index in [4.69, 9.17) is 0 Å². The van der Waals surface area contributed by atoms with E-state index in [9.17, 15) is 14.9 Å². The highest BCUT2D eigenvalue weighted by molar-refractivity contribution is 5.75. The molecular formula is C9H17NO3. The van der Waals surface area contributed by atoms with Gasteiger partial charge in [0.2, 0.25) is 6.54 Å². The fraction of sp³-hybridized carbons (Fsp3) is 0.889. The summed E-state index contributed by atoms with van der Waals surface area (Å²) in [6.45, 7) is 5.41. The summed E-state index contributed by atoms with van der Waals surface area (Å²) >= 11 is 0. The maximum absolute atomic E-state index is 10.8. The molecule has 0 aliphatic rings. The maximum atomic E-state index is 10.8. The molecule has 0 amide bonds. The molecule has 1 atom stereocenters. The maximum Gasteiger partial charge on any atom is 0.207 e. The average Bonchev–Trinajstić information content (AvgIpc) is 1.80. The molecule has 0 rings (SSSR count). The van der Waals surface area contributed by atoms with E-state index in [0.717, 1.165) is 6.42 Å². The molecule has 4 heteroatoms. The summed E-state index contributed by atoms with van der Waals surface area (Å²) in [6, 6.07) is 0. The minimum atomic E-state index is -0.337. The summed E-state index contributed by atoms with van der Waals surface area (Å²) in [5.74, 6) is 0.351. The Bertz CT molecular complexity index is 173. The Morgan fingerprint density at radius 2 is 2.00 bits per heavy atom. The van der Waals surface area contributed by atoms with Crippen molar-refractivity contribution in [1.82, 2.24) is 0 Å². The van der Waals surface area contributed by atoms with Gasteiger partial charge in [-0.1, -0.05) is 13.8 Å². The first-order valence-corrected chi connectivity index (χ1v) is 4.53. The summed E-state index contributed by atoms with van der Waals surface area (Å²) in [6.07, 6.45) is 1.08. The van der Waals surface area contributed by atoms with Gasteiger partial charge in [-0.2, -0.15) is 0 Å². The van der Waals surface area contributed by atoms with Crippen molar-refractivity contribution in [2.24, 2.45) is 11.8 Å². The molecule has 0 fully saturated rings. The topological polar surface area (TPSA) is 60.2 Å². The van der Waals surface area contributed by atoms with Crippen LogP contribution in [-0.4, -0.2) is 17.3 Å². The van der Waals surface area contributed by atoms with Crippen LogP contribution in [0.5, 0.6) is 0 Å². The molecule has 0 spiro atoms. The molecule has 0 aromatic heterocycles. The van der Waals surface area contributed by atoms with Crippen LogP contribution >= 0.6 is 0 Å². The summed E-state index contributed by atoms with van der Waals surface area (Å²) in [5.41, 5.74) is 0. The Kier molecular flexibility index (Phi) is 5.26. The van der Waals surface area contributed by atoms with Crippen LogP contribution in [0, 0.1) is 22.0 Å². The fourth-order valence-electron chi connectivity index (χ4n) is 1.51. The molecule has 0 aromatic rings. The van der Waals surface area contributed by atoms with E-state index in [2.05, 4.69) is 0 Å². The Morgan fingerprint density at radius 1 is 1.46 bits per heavy atom. The van der Waals surface area contributed by atoms with Crippen LogP contribution in [0.1, 0.15) is 33.6 Å². The molecule has 0 saturated heterocycles. The van der Waals surface area contributed by atoms with E-state index in [-0.39, 0.29) is 23.2 Å². The second-order valence-corrected chi connectivity index (χ2v) is 3.92. The first kappa shape index (κ1) is 12.1. The third-order valence-corrected chi connectivity index (χ3v) is 1.79. The Balaban J connectivity index is 4.02. The fourth-order valence-corrected chi connectivity index (χ4v) is 1.51. The van der Waals surface area contributed by atoms with Crippen molar-refractivity contribution in [3.8, 4) is 0 Å². The summed E-state index contributed by atoms with van der Waals surface area (Å²) in [5, 5.41) is 10.3. The summed E-state index contributed by atoms with van der Waals surface area (Å²) in [4.78, 5) is 20.7. The molecule has 0 bridgehead atoms. The second-order valence-electron chi connectivity index (χ2n) is 3.92. The van der Waals surface area contributed by atoms with E-state index in [1.807, 2.05) is 13.8 Å². The first-order valence-electron chi connectivity index (χ1n) is 4.53. The molecule has 0 N–H and O–H groups in total. The van der Waals surface area contributed by atoms with Gasteiger partial charge in [0.1, 0.15) is 5.78 Å². The Hall–Kier alpha value is -0.930. The largest absolute Gasteiger partial charge is 0.300 e. The minimum Gasteiger partial charge on any atom is -0.300 e. The highest BCUT2D eigenvalue weighted by Crippen LogP contribution is 2.15. The number of rotatable bonds is 6. The van der Waals surface area contributed by atoms with Crippen molar-refractivity contribution in [2.45, 2.75) is 33.6 Å². The highest BCUT2D eigenvalue weighted by Gasteiger charge is 2.18. The van der Waals surface area contributed by atoms with Crippen LogP contribution in [0.25, 0.3) is 0 Å². The molecule has 0 radical (unpaired) electrons. The Labute approximate surface area is 78.5 Å². The zero-order valence-electron chi connectivity index (χ0n) is 8.45. The van der Waals surface area contributed by atoms with Gasteiger partial charge in [0.15, 0.2) is 0 Å². The van der Waals surface area contributed by atoms with Gasteiger partial charge in [0.05, 0.1) is 0 Å². The van der Waals surface area contributed by atoms with Crippen LogP contribution < -0.4 is 0 Å². The van der Waals surface area contributed by atoms with Crippen LogP contribution in [0.3, 0.4) is 0 Å². The average molecular weight is 187 g/mol. The normalized spacial score (nSPS) is 12.9. The van der Waals surface area contributed by atoms with Gasteiger partial charge in [0, 0.05) is 17.3 Å². The summed E-state index contributed by atoms with van der Waals surface area (Å²) in [7, 11) is 0. The number of ketones is 1. The van der Waals surface area contributed by atoms with Crippen molar-refractivity contribution in [1.29, 1.82) is 0 Å². The van der Waals surface area contributed by atoms with E-state index in [1.165, 1.54) is 6.92 Å². The Morgan fingerprint density at radius 3 is 2.31 bits per heavy atom. The van der Waals surface area contributed by atoms with E-state index in [0.29, 0.717) is 12.3 Å². The standard InChI is InChI=1S/C9H17NO3/c1-7(2)4-9(5-8(3)11)6-10(12)13/h7,9H,4-6H2,1-3H3/t9-/m1/s1. The molecule has 13 heavy (non-hydrogen) atoms. The van der Waals surface area contributed by atoms with Crippen molar-refractivity contribution in [3.63, 3.8) is 0 Å². The number of hydrogen-bond acceptors (Lipinski definition) is 3. The molecule has 76 valence electrons. The van der Waals surface area contributed by atoms with Gasteiger partial charge in [0.25, 0.3) is 0 Å². The third kappa shape index (κ3) is 7.43. The molecule has 0 aromatic carbocycles. The lowest BCUT2D eigenvalue weighted by Gasteiger charge is -2.12. The van der Waals surface area contributed by atoms with Gasteiger partial charge in [-0.05, 0) is 19.3 Å². The van der Waals surface area contributed by atoms with Crippen LogP contribution in [-0.2, 0) is 4.79 Å².